The lowest BCUT2D eigenvalue weighted by Crippen LogP contribution is -2.12. The molecule has 3 aromatic heterocycles. The summed E-state index contributed by atoms with van der Waals surface area (Å²) in [6.45, 7) is 0. The summed E-state index contributed by atoms with van der Waals surface area (Å²) >= 11 is 0. The molecule has 0 fully saturated rings. The van der Waals surface area contributed by atoms with Gasteiger partial charge in [0, 0.05) is 48.6 Å². The van der Waals surface area contributed by atoms with Gasteiger partial charge in [0.05, 0.1) is 5.56 Å². The molecule has 0 bridgehead atoms. The number of nitrogens with zero attached hydrogens (tertiary/aromatic N) is 5. The summed E-state index contributed by atoms with van der Waals surface area (Å²) in [6.07, 6.45) is 6.91. The van der Waals surface area contributed by atoms with Crippen LogP contribution in [0.3, 0.4) is 0 Å². The van der Waals surface area contributed by atoms with Gasteiger partial charge in [0.1, 0.15) is 12.1 Å². The van der Waals surface area contributed by atoms with E-state index in [1.807, 2.05) is 53.4 Å². The molecule has 0 saturated carbocycles. The third-order valence-corrected chi connectivity index (χ3v) is 5.12. The van der Waals surface area contributed by atoms with Gasteiger partial charge in [-0.05, 0) is 54.6 Å². The molecule has 0 aliphatic carbocycles. The number of aromatic nitrogens is 5. The van der Waals surface area contributed by atoms with E-state index in [2.05, 4.69) is 30.6 Å². The number of benzene rings is 2. The lowest BCUT2D eigenvalue weighted by molar-refractivity contribution is 0.102. The predicted molar refractivity (Wildman–Crippen MR) is 133 cm³/mol. The number of pyridine rings is 1. The van der Waals surface area contributed by atoms with E-state index in [-0.39, 0.29) is 5.91 Å². The number of ether oxygens (including phenoxy) is 1. The average Bonchev–Trinajstić information content (AvgIpc) is 3.45. The maximum absolute atomic E-state index is 12.9. The lowest BCUT2D eigenvalue weighted by Gasteiger charge is -2.11. The fraction of sp³-hybridized carbons (Fsp3) is 0.0385. The molecular weight excluding hydrogens is 442 g/mol. The summed E-state index contributed by atoms with van der Waals surface area (Å²) in [5.74, 6) is 1.49. The molecule has 5 aromatic rings. The molecule has 9 heteroatoms. The Kier molecular flexibility index (Phi) is 6.12. The van der Waals surface area contributed by atoms with E-state index in [4.69, 9.17) is 4.74 Å². The smallest absolute Gasteiger partial charge is 0.255 e. The molecule has 9 nitrogen and oxygen atoms in total. The number of amides is 1. The minimum Gasteiger partial charge on any atom is -0.438 e. The molecule has 0 atom stereocenters. The van der Waals surface area contributed by atoms with Gasteiger partial charge >= 0.3 is 0 Å². The maximum atomic E-state index is 12.9. The quantitative estimate of drug-likeness (QED) is 0.357. The monoisotopic (exact) mass is 463 g/mol. The Morgan fingerprint density at radius 1 is 0.914 bits per heavy atom. The van der Waals surface area contributed by atoms with Crippen molar-refractivity contribution in [3.8, 4) is 28.7 Å². The number of anilines is 2. The van der Waals surface area contributed by atoms with Crippen molar-refractivity contribution < 1.29 is 9.53 Å². The minimum atomic E-state index is -0.223. The first-order valence-electron chi connectivity index (χ1n) is 10.8. The van der Waals surface area contributed by atoms with Gasteiger partial charge in [-0.25, -0.2) is 15.0 Å². The van der Waals surface area contributed by atoms with E-state index in [1.54, 1.807) is 49.6 Å². The third kappa shape index (κ3) is 4.98. The average molecular weight is 464 g/mol. The third-order valence-electron chi connectivity index (χ3n) is 5.12. The molecule has 172 valence electrons. The van der Waals surface area contributed by atoms with E-state index in [0.717, 1.165) is 5.69 Å². The lowest BCUT2D eigenvalue weighted by atomic mass is 10.1. The normalized spacial score (nSPS) is 10.5. The van der Waals surface area contributed by atoms with Crippen LogP contribution in [0.2, 0.25) is 0 Å². The van der Waals surface area contributed by atoms with Crippen LogP contribution in [0, 0.1) is 0 Å². The highest BCUT2D eigenvalue weighted by Gasteiger charge is 2.13. The van der Waals surface area contributed by atoms with E-state index in [1.165, 1.54) is 6.33 Å². The second-order valence-corrected chi connectivity index (χ2v) is 7.46. The summed E-state index contributed by atoms with van der Waals surface area (Å²) in [7, 11) is 1.73. The number of hydrogen-bond donors (Lipinski definition) is 2. The van der Waals surface area contributed by atoms with Crippen molar-refractivity contribution in [2.75, 3.05) is 17.7 Å². The van der Waals surface area contributed by atoms with Gasteiger partial charge < -0.3 is 19.9 Å². The van der Waals surface area contributed by atoms with Gasteiger partial charge in [-0.3, -0.25) is 4.79 Å². The summed E-state index contributed by atoms with van der Waals surface area (Å²) in [5.41, 5.74) is 2.66. The Morgan fingerprint density at radius 3 is 2.63 bits per heavy atom. The Bertz CT molecular complexity index is 1470. The Labute approximate surface area is 201 Å². The largest absolute Gasteiger partial charge is 0.438 e. The zero-order valence-electron chi connectivity index (χ0n) is 18.8. The highest BCUT2D eigenvalue weighted by atomic mass is 16.5. The Hall–Kier alpha value is -5.05. The molecule has 2 N–H and O–H groups in total. The molecule has 3 heterocycles. The minimum absolute atomic E-state index is 0.223. The van der Waals surface area contributed by atoms with E-state index < -0.39 is 0 Å². The van der Waals surface area contributed by atoms with Gasteiger partial charge in [-0.2, -0.15) is 4.98 Å². The summed E-state index contributed by atoms with van der Waals surface area (Å²) in [6, 6.07) is 22.0. The maximum Gasteiger partial charge on any atom is 0.255 e. The summed E-state index contributed by atoms with van der Waals surface area (Å²) in [4.78, 5) is 29.9. The van der Waals surface area contributed by atoms with Crippen LogP contribution in [0.5, 0.6) is 11.6 Å². The highest BCUT2D eigenvalue weighted by molar-refractivity contribution is 6.04. The van der Waals surface area contributed by atoms with Crippen LogP contribution in [0.1, 0.15) is 10.4 Å². The molecule has 35 heavy (non-hydrogen) atoms. The number of hydrogen-bond acceptors (Lipinski definition) is 7. The standard InChI is InChI=1S/C26H21N7O2/c1-27-26-30-17-29-23(32-26)22-11-6-12-28-25(22)35-21-10-5-8-19(16-21)31-24(34)18-7-4-9-20(15-18)33-13-2-3-14-33/h2-17H,1H3,(H,31,34)(H,27,29,30,32). The van der Waals surface area contributed by atoms with Crippen LogP contribution in [-0.2, 0) is 0 Å². The molecule has 2 aromatic carbocycles. The summed E-state index contributed by atoms with van der Waals surface area (Å²) < 4.78 is 7.99. The van der Waals surface area contributed by atoms with Gasteiger partial charge in [-0.1, -0.05) is 12.1 Å². The van der Waals surface area contributed by atoms with Crippen LogP contribution in [-0.4, -0.2) is 37.5 Å². The molecular formula is C26H21N7O2. The SMILES string of the molecule is CNc1ncnc(-c2cccnc2Oc2cccc(NC(=O)c3cccc(-n4cccc4)c3)c2)n1. The fourth-order valence-corrected chi connectivity index (χ4v) is 3.46. The van der Waals surface area contributed by atoms with Gasteiger partial charge in [0.15, 0.2) is 5.82 Å². The Morgan fingerprint density at radius 2 is 1.77 bits per heavy atom. The molecule has 0 radical (unpaired) electrons. The number of nitrogens with one attached hydrogen (secondary N) is 2. The molecule has 0 aliphatic heterocycles. The first-order valence-corrected chi connectivity index (χ1v) is 10.8. The predicted octanol–water partition coefficient (Wildman–Crippen LogP) is 4.81. The molecule has 0 aliphatic rings. The van der Waals surface area contributed by atoms with E-state index >= 15 is 0 Å². The van der Waals surface area contributed by atoms with Crippen LogP contribution in [0.4, 0.5) is 11.6 Å². The van der Waals surface area contributed by atoms with Gasteiger partial charge in [0.2, 0.25) is 11.8 Å². The van der Waals surface area contributed by atoms with Gasteiger partial charge in [0.25, 0.3) is 5.91 Å². The van der Waals surface area contributed by atoms with Crippen molar-refractivity contribution in [1.29, 1.82) is 0 Å². The number of carbonyl (C=O) groups excluding carboxylic acids is 1. The van der Waals surface area contributed by atoms with Crippen LogP contribution < -0.4 is 15.4 Å². The first-order chi connectivity index (χ1) is 17.2. The fourth-order valence-electron chi connectivity index (χ4n) is 3.46. The van der Waals surface area contributed by atoms with Crippen molar-refractivity contribution >= 4 is 17.5 Å². The molecule has 0 saturated heterocycles. The first kappa shape index (κ1) is 21.8. The topological polar surface area (TPSA) is 107 Å². The van der Waals surface area contributed by atoms with Crippen LogP contribution in [0.25, 0.3) is 17.1 Å². The number of carbonyl (C=O) groups is 1. The van der Waals surface area contributed by atoms with Crippen molar-refractivity contribution in [2.45, 2.75) is 0 Å². The van der Waals surface area contributed by atoms with Crippen molar-refractivity contribution in [3.63, 3.8) is 0 Å². The molecule has 0 unspecified atom stereocenters. The van der Waals surface area contributed by atoms with E-state index in [0.29, 0.717) is 40.2 Å². The van der Waals surface area contributed by atoms with Gasteiger partial charge in [-0.15, -0.1) is 0 Å². The summed E-state index contributed by atoms with van der Waals surface area (Å²) in [5, 5.41) is 5.82. The number of rotatable bonds is 7. The molecule has 1 amide bonds. The van der Waals surface area contributed by atoms with Crippen molar-refractivity contribution in [2.24, 2.45) is 0 Å². The Balaban J connectivity index is 1.35. The van der Waals surface area contributed by atoms with Crippen molar-refractivity contribution in [1.82, 2.24) is 24.5 Å². The second kappa shape index (κ2) is 9.84. The zero-order valence-corrected chi connectivity index (χ0v) is 18.8. The van der Waals surface area contributed by atoms with Crippen LogP contribution >= 0.6 is 0 Å². The molecule has 0 spiro atoms. The second-order valence-electron chi connectivity index (χ2n) is 7.46. The van der Waals surface area contributed by atoms with Crippen molar-refractivity contribution in [3.05, 3.63) is 103 Å². The highest BCUT2D eigenvalue weighted by Crippen LogP contribution is 2.30. The van der Waals surface area contributed by atoms with E-state index in [9.17, 15) is 4.79 Å². The van der Waals surface area contributed by atoms with Crippen LogP contribution in [0.15, 0.2) is 97.7 Å². The zero-order chi connectivity index (χ0) is 24.0. The molecule has 5 rings (SSSR count).